The number of rotatable bonds is 4. The number of nitrogens with zero attached hydrogens (tertiary/aromatic N) is 2. The molecule has 24 heavy (non-hydrogen) atoms. The minimum Gasteiger partial charge on any atom is -0.331 e. The quantitative estimate of drug-likeness (QED) is 0.451. The van der Waals surface area contributed by atoms with Gasteiger partial charge in [0.05, 0.1) is 39.5 Å². The van der Waals surface area contributed by atoms with Crippen molar-refractivity contribution in [2.75, 3.05) is 34.2 Å². The molecule has 3 aliphatic rings. The van der Waals surface area contributed by atoms with Crippen molar-refractivity contribution in [1.82, 2.24) is 4.90 Å². The molecule has 0 radical (unpaired) electrons. The van der Waals surface area contributed by atoms with Gasteiger partial charge < -0.3 is 4.48 Å². The molecular weight excluding hydrogens is 300 g/mol. The van der Waals surface area contributed by atoms with Crippen LogP contribution in [0.15, 0.2) is 11.1 Å². The summed E-state index contributed by atoms with van der Waals surface area (Å²) in [5, 5.41) is 0. The summed E-state index contributed by atoms with van der Waals surface area (Å²) in [5.74, 6) is 0.0349. The molecule has 4 nitrogen and oxygen atoms in total. The fraction of sp³-hybridized carbons (Fsp3) is 0.800. The van der Waals surface area contributed by atoms with E-state index in [1.165, 1.54) is 24.0 Å². The number of hydrogen-bond donors (Lipinski definition) is 0. The third-order valence-corrected chi connectivity index (χ3v) is 6.28. The lowest BCUT2D eigenvalue weighted by Gasteiger charge is -2.40. The number of imide groups is 1. The third-order valence-electron chi connectivity index (χ3n) is 6.28. The molecule has 4 heteroatoms. The van der Waals surface area contributed by atoms with Gasteiger partial charge in [0.1, 0.15) is 0 Å². The molecular formula is C20H33N2O2+. The Kier molecular flexibility index (Phi) is 4.40. The van der Waals surface area contributed by atoms with Crippen molar-refractivity contribution in [2.24, 2.45) is 17.3 Å². The summed E-state index contributed by atoms with van der Waals surface area (Å²) in [6, 6.07) is 0. The number of likely N-dealkylation sites (tertiary alicyclic amines) is 1. The van der Waals surface area contributed by atoms with Crippen LogP contribution in [0.5, 0.6) is 0 Å². The highest BCUT2D eigenvalue weighted by Crippen LogP contribution is 2.51. The summed E-state index contributed by atoms with van der Waals surface area (Å²) in [7, 11) is 6.44. The molecule has 0 N–H and O–H groups in total. The molecule has 1 saturated heterocycles. The number of amides is 2. The maximum atomic E-state index is 12.9. The van der Waals surface area contributed by atoms with Crippen molar-refractivity contribution in [3.63, 3.8) is 0 Å². The van der Waals surface area contributed by atoms with Crippen LogP contribution in [0.3, 0.4) is 0 Å². The fourth-order valence-electron chi connectivity index (χ4n) is 4.89. The summed E-state index contributed by atoms with van der Waals surface area (Å²) in [6.45, 7) is 6.19. The molecule has 0 saturated carbocycles. The molecule has 2 amide bonds. The van der Waals surface area contributed by atoms with Gasteiger partial charge in [-0.1, -0.05) is 25.0 Å². The number of carbonyl (C=O) groups is 2. The van der Waals surface area contributed by atoms with Gasteiger partial charge in [0.25, 0.3) is 0 Å². The lowest BCUT2D eigenvalue weighted by molar-refractivity contribution is -0.870. The van der Waals surface area contributed by atoms with Crippen molar-refractivity contribution in [2.45, 2.75) is 52.4 Å². The van der Waals surface area contributed by atoms with Crippen molar-refractivity contribution < 1.29 is 14.1 Å². The van der Waals surface area contributed by atoms with Gasteiger partial charge >= 0.3 is 0 Å². The molecule has 0 aromatic carbocycles. The molecule has 0 bridgehead atoms. The monoisotopic (exact) mass is 333 g/mol. The second-order valence-electron chi connectivity index (χ2n) is 9.64. The second-order valence-corrected chi connectivity index (χ2v) is 9.64. The van der Waals surface area contributed by atoms with Gasteiger partial charge in [-0.3, -0.25) is 14.5 Å². The molecule has 1 fully saturated rings. The van der Waals surface area contributed by atoms with E-state index in [0.29, 0.717) is 6.54 Å². The minimum absolute atomic E-state index is 0.0747. The van der Waals surface area contributed by atoms with Gasteiger partial charge in [-0.15, -0.1) is 0 Å². The highest BCUT2D eigenvalue weighted by Gasteiger charge is 2.51. The highest BCUT2D eigenvalue weighted by molar-refractivity contribution is 6.05. The van der Waals surface area contributed by atoms with Crippen LogP contribution in [0.4, 0.5) is 0 Å². The molecule has 2 aliphatic carbocycles. The maximum absolute atomic E-state index is 12.9. The average Bonchev–Trinajstić information content (AvgIpc) is 2.69. The van der Waals surface area contributed by atoms with E-state index < -0.39 is 0 Å². The Bertz CT molecular complexity index is 583. The smallest absolute Gasteiger partial charge is 0.233 e. The maximum Gasteiger partial charge on any atom is 0.233 e. The van der Waals surface area contributed by atoms with E-state index in [2.05, 4.69) is 35.0 Å². The molecule has 3 rings (SSSR count). The third kappa shape index (κ3) is 3.17. The molecule has 0 aromatic heterocycles. The fourth-order valence-corrected chi connectivity index (χ4v) is 4.89. The van der Waals surface area contributed by atoms with E-state index in [1.807, 2.05) is 0 Å². The first-order valence-corrected chi connectivity index (χ1v) is 9.47. The number of allylic oxidation sites excluding steroid dienone is 2. The average molecular weight is 333 g/mol. The minimum atomic E-state index is -0.0854. The Labute approximate surface area is 146 Å². The Morgan fingerprint density at radius 2 is 1.71 bits per heavy atom. The van der Waals surface area contributed by atoms with E-state index in [9.17, 15) is 9.59 Å². The van der Waals surface area contributed by atoms with Crippen LogP contribution in [-0.4, -0.2) is 55.4 Å². The van der Waals surface area contributed by atoms with Crippen LogP contribution in [0.25, 0.3) is 0 Å². The van der Waals surface area contributed by atoms with Gasteiger partial charge in [0.15, 0.2) is 0 Å². The van der Waals surface area contributed by atoms with Crippen molar-refractivity contribution in [3.05, 3.63) is 11.1 Å². The van der Waals surface area contributed by atoms with Gasteiger partial charge in [-0.2, -0.15) is 0 Å². The van der Waals surface area contributed by atoms with Gasteiger partial charge in [-0.05, 0) is 37.5 Å². The number of fused-ring (bicyclic) bond motifs is 1. The van der Waals surface area contributed by atoms with Gasteiger partial charge in [-0.25, -0.2) is 0 Å². The van der Waals surface area contributed by atoms with E-state index in [1.54, 1.807) is 4.90 Å². The van der Waals surface area contributed by atoms with Crippen molar-refractivity contribution in [3.8, 4) is 0 Å². The van der Waals surface area contributed by atoms with Crippen LogP contribution in [-0.2, 0) is 9.59 Å². The SMILES string of the molecule is CC1(C)CCCC2=C1C[C@H]1C(=O)N(CCC[N+](C)(C)C)C(=O)[C@@H]1C2. The van der Waals surface area contributed by atoms with E-state index in [-0.39, 0.29) is 29.1 Å². The van der Waals surface area contributed by atoms with Crippen LogP contribution in [0.1, 0.15) is 52.4 Å². The highest BCUT2D eigenvalue weighted by atomic mass is 16.2. The standard InChI is InChI=1S/C20H33N2O2/c1-20(2)9-6-8-14-12-15-16(13-17(14)20)19(24)21(18(15)23)10-7-11-22(3,4)5/h15-16H,6-13H2,1-5H3/q+1/t15-,16-/m1/s1. The normalized spacial score (nSPS) is 29.8. The number of hydrogen-bond acceptors (Lipinski definition) is 2. The zero-order chi connectivity index (χ0) is 17.7. The Hall–Kier alpha value is -1.16. The topological polar surface area (TPSA) is 37.4 Å². The summed E-state index contributed by atoms with van der Waals surface area (Å²) in [5.41, 5.74) is 3.19. The van der Waals surface area contributed by atoms with Crippen molar-refractivity contribution in [1.29, 1.82) is 0 Å². The molecule has 0 unspecified atom stereocenters. The largest absolute Gasteiger partial charge is 0.331 e. The Morgan fingerprint density at radius 3 is 2.33 bits per heavy atom. The Balaban J connectivity index is 1.73. The van der Waals surface area contributed by atoms with Crippen LogP contribution in [0, 0.1) is 17.3 Å². The van der Waals surface area contributed by atoms with E-state index >= 15 is 0 Å². The summed E-state index contributed by atoms with van der Waals surface area (Å²) >= 11 is 0. The predicted octanol–water partition coefficient (Wildman–Crippen LogP) is 2.98. The molecule has 1 heterocycles. The first-order chi connectivity index (χ1) is 11.1. The Morgan fingerprint density at radius 1 is 1.08 bits per heavy atom. The summed E-state index contributed by atoms with van der Waals surface area (Å²) in [6.07, 6.45) is 6.10. The zero-order valence-electron chi connectivity index (χ0n) is 16.0. The number of carbonyl (C=O) groups excluding carboxylic acids is 2. The van der Waals surface area contributed by atoms with Gasteiger partial charge in [0, 0.05) is 13.0 Å². The molecule has 1 aliphatic heterocycles. The lowest BCUT2D eigenvalue weighted by Crippen LogP contribution is -2.39. The number of quaternary nitrogens is 1. The predicted molar refractivity (Wildman–Crippen MR) is 95.1 cm³/mol. The summed E-state index contributed by atoms with van der Waals surface area (Å²) in [4.78, 5) is 27.3. The van der Waals surface area contributed by atoms with Gasteiger partial charge in [0.2, 0.25) is 11.8 Å². The van der Waals surface area contributed by atoms with Crippen LogP contribution < -0.4 is 0 Å². The molecule has 0 aromatic rings. The first-order valence-electron chi connectivity index (χ1n) is 9.47. The first kappa shape index (κ1) is 17.7. The van der Waals surface area contributed by atoms with Crippen molar-refractivity contribution >= 4 is 11.8 Å². The molecule has 134 valence electrons. The zero-order valence-corrected chi connectivity index (χ0v) is 16.0. The molecule has 0 spiro atoms. The lowest BCUT2D eigenvalue weighted by atomic mass is 9.63. The summed E-state index contributed by atoms with van der Waals surface area (Å²) < 4.78 is 0.868. The second kappa shape index (κ2) is 5.98. The van der Waals surface area contributed by atoms with Crippen LogP contribution in [0.2, 0.25) is 0 Å². The van der Waals surface area contributed by atoms with E-state index in [4.69, 9.17) is 0 Å². The van der Waals surface area contributed by atoms with E-state index in [0.717, 1.165) is 36.7 Å². The molecule has 2 atom stereocenters. The van der Waals surface area contributed by atoms with Crippen LogP contribution >= 0.6 is 0 Å².